The predicted molar refractivity (Wildman–Crippen MR) is 87.9 cm³/mol. The first-order chi connectivity index (χ1) is 13.4. The second-order valence-electron chi connectivity index (χ2n) is 7.26. The quantitative estimate of drug-likeness (QED) is 0.741. The van der Waals surface area contributed by atoms with Crippen molar-refractivity contribution < 1.29 is 41.0 Å². The van der Waals surface area contributed by atoms with Crippen LogP contribution in [0.2, 0.25) is 0 Å². The van der Waals surface area contributed by atoms with E-state index in [4.69, 9.17) is 0 Å². The van der Waals surface area contributed by atoms with E-state index in [1.807, 2.05) is 0 Å². The van der Waals surface area contributed by atoms with Crippen molar-refractivity contribution >= 4 is 11.8 Å². The molecule has 160 valence electrons. The first-order valence-electron chi connectivity index (χ1n) is 8.90. The number of phenols is 1. The Bertz CT molecular complexity index is 794. The summed E-state index contributed by atoms with van der Waals surface area (Å²) < 4.78 is 79.5. The van der Waals surface area contributed by atoms with Gasteiger partial charge in [-0.3, -0.25) is 9.59 Å². The number of para-hydroxylation sites is 1. The number of likely N-dealkylation sites (tertiary alicyclic amines) is 2. The molecule has 3 rings (SSSR count). The molecule has 1 atom stereocenters. The third-order valence-electron chi connectivity index (χ3n) is 5.60. The van der Waals surface area contributed by atoms with Crippen LogP contribution >= 0.6 is 0 Å². The van der Waals surface area contributed by atoms with Crippen LogP contribution in [0, 0.1) is 5.41 Å². The van der Waals surface area contributed by atoms with E-state index in [0.29, 0.717) is 11.3 Å². The Balaban J connectivity index is 1.82. The van der Waals surface area contributed by atoms with Crippen LogP contribution in [-0.4, -0.2) is 64.7 Å². The third-order valence-corrected chi connectivity index (χ3v) is 5.60. The van der Waals surface area contributed by atoms with Crippen molar-refractivity contribution in [1.82, 2.24) is 9.80 Å². The lowest BCUT2D eigenvalue weighted by Crippen LogP contribution is -2.53. The fourth-order valence-corrected chi connectivity index (χ4v) is 3.91. The van der Waals surface area contributed by atoms with Crippen LogP contribution in [0.4, 0.5) is 26.3 Å². The molecule has 29 heavy (non-hydrogen) atoms. The van der Waals surface area contributed by atoms with E-state index in [9.17, 15) is 41.0 Å². The maximum atomic E-state index is 13.2. The highest BCUT2D eigenvalue weighted by Crippen LogP contribution is 2.55. The summed E-state index contributed by atoms with van der Waals surface area (Å²) in [6, 6.07) is 4.39. The van der Waals surface area contributed by atoms with E-state index in [1.165, 1.54) is 24.3 Å². The fourth-order valence-electron chi connectivity index (χ4n) is 3.91. The molecule has 0 bridgehead atoms. The number of carbonyl (C=O) groups excluding carboxylic acids is 2. The minimum atomic E-state index is -5.55. The number of halogens is 6. The van der Waals surface area contributed by atoms with Crippen molar-refractivity contribution in [3.8, 4) is 5.75 Å². The Labute approximate surface area is 161 Å². The van der Waals surface area contributed by atoms with Gasteiger partial charge < -0.3 is 14.9 Å². The zero-order chi connectivity index (χ0) is 21.6. The number of aromatic hydroxyl groups is 1. The summed E-state index contributed by atoms with van der Waals surface area (Å²) in [5.74, 6) is -1.97. The van der Waals surface area contributed by atoms with E-state index in [0.717, 1.165) is 4.90 Å². The van der Waals surface area contributed by atoms with Gasteiger partial charge in [-0.1, -0.05) is 12.1 Å². The number of carbonyl (C=O) groups is 2. The number of rotatable bonds is 2. The standard InChI is InChI=1S/C18H18F6N2O3/c19-17(20,21)16(18(22,23)24)7-9-25(10-16)15(29)12-5-3-8-26(12)14(28)11-4-1-2-6-13(11)27/h1-2,4,6,12,27H,3,5,7-10H2. The molecular weight excluding hydrogens is 406 g/mol. The van der Waals surface area contributed by atoms with Gasteiger partial charge in [0.1, 0.15) is 11.8 Å². The summed E-state index contributed by atoms with van der Waals surface area (Å²) in [7, 11) is 0. The van der Waals surface area contributed by atoms with Gasteiger partial charge in [0.05, 0.1) is 5.56 Å². The molecule has 2 saturated heterocycles. The Morgan fingerprint density at radius 2 is 1.66 bits per heavy atom. The van der Waals surface area contributed by atoms with Gasteiger partial charge in [-0.15, -0.1) is 0 Å². The lowest BCUT2D eigenvalue weighted by atomic mass is 9.85. The molecule has 1 aromatic carbocycles. The Morgan fingerprint density at radius 1 is 1.03 bits per heavy atom. The van der Waals surface area contributed by atoms with E-state index in [1.54, 1.807) is 0 Å². The normalized spacial score (nSPS) is 22.2. The largest absolute Gasteiger partial charge is 0.507 e. The van der Waals surface area contributed by atoms with Crippen molar-refractivity contribution in [3.05, 3.63) is 29.8 Å². The number of hydrogen-bond acceptors (Lipinski definition) is 3. The monoisotopic (exact) mass is 424 g/mol. The predicted octanol–water partition coefficient (Wildman–Crippen LogP) is 3.34. The third kappa shape index (κ3) is 3.51. The van der Waals surface area contributed by atoms with Gasteiger partial charge in [0.25, 0.3) is 5.91 Å². The molecule has 2 amide bonds. The Kier molecular flexibility index (Phi) is 5.20. The molecular formula is C18H18F6N2O3. The van der Waals surface area contributed by atoms with Crippen molar-refractivity contribution in [3.63, 3.8) is 0 Å². The number of benzene rings is 1. The zero-order valence-corrected chi connectivity index (χ0v) is 15.1. The second-order valence-corrected chi connectivity index (χ2v) is 7.26. The van der Waals surface area contributed by atoms with Gasteiger partial charge in [0.15, 0.2) is 5.41 Å². The van der Waals surface area contributed by atoms with E-state index in [2.05, 4.69) is 0 Å². The Hall–Kier alpha value is -2.46. The van der Waals surface area contributed by atoms with Crippen LogP contribution in [0.5, 0.6) is 5.75 Å². The van der Waals surface area contributed by atoms with Crippen molar-refractivity contribution in [2.24, 2.45) is 5.41 Å². The van der Waals surface area contributed by atoms with Gasteiger partial charge in [-0.2, -0.15) is 26.3 Å². The minimum Gasteiger partial charge on any atom is -0.507 e. The van der Waals surface area contributed by atoms with Crippen LogP contribution in [0.3, 0.4) is 0 Å². The van der Waals surface area contributed by atoms with E-state index in [-0.39, 0.29) is 24.3 Å². The lowest BCUT2D eigenvalue weighted by molar-refractivity contribution is -0.334. The molecule has 2 fully saturated rings. The number of amides is 2. The van der Waals surface area contributed by atoms with Crippen molar-refractivity contribution in [1.29, 1.82) is 0 Å². The molecule has 0 radical (unpaired) electrons. The molecule has 1 unspecified atom stereocenters. The van der Waals surface area contributed by atoms with E-state index < -0.39 is 55.1 Å². The molecule has 2 heterocycles. The minimum absolute atomic E-state index is 0.0893. The summed E-state index contributed by atoms with van der Waals surface area (Å²) in [5, 5.41) is 9.83. The van der Waals surface area contributed by atoms with Gasteiger partial charge in [-0.25, -0.2) is 0 Å². The Morgan fingerprint density at radius 3 is 2.21 bits per heavy atom. The summed E-state index contributed by atoms with van der Waals surface area (Å²) >= 11 is 0. The average molecular weight is 424 g/mol. The molecule has 1 N–H and O–H groups in total. The molecule has 2 aliphatic rings. The highest BCUT2D eigenvalue weighted by Gasteiger charge is 2.73. The highest BCUT2D eigenvalue weighted by molar-refractivity contribution is 6.00. The number of phenolic OH excluding ortho intramolecular Hbond substituents is 1. The van der Waals surface area contributed by atoms with Crippen molar-refractivity contribution in [2.45, 2.75) is 37.7 Å². The number of alkyl halides is 6. The molecule has 5 nitrogen and oxygen atoms in total. The van der Waals surface area contributed by atoms with Gasteiger partial charge in [0.2, 0.25) is 5.91 Å². The summed E-state index contributed by atoms with van der Waals surface area (Å²) in [6.07, 6.45) is -11.9. The smallest absolute Gasteiger partial charge is 0.404 e. The molecule has 0 aliphatic carbocycles. The maximum Gasteiger partial charge on any atom is 0.404 e. The van der Waals surface area contributed by atoms with E-state index >= 15 is 0 Å². The number of hydrogen-bond donors (Lipinski definition) is 1. The molecule has 1 aromatic rings. The fraction of sp³-hybridized carbons (Fsp3) is 0.556. The van der Waals surface area contributed by atoms with Crippen LogP contribution in [0.1, 0.15) is 29.6 Å². The first kappa shape index (κ1) is 21.3. The van der Waals surface area contributed by atoms with Gasteiger partial charge in [-0.05, 0) is 31.4 Å². The average Bonchev–Trinajstić information content (AvgIpc) is 3.28. The van der Waals surface area contributed by atoms with Crippen LogP contribution in [0.25, 0.3) is 0 Å². The summed E-state index contributed by atoms with van der Waals surface area (Å²) in [4.78, 5) is 27.1. The van der Waals surface area contributed by atoms with Gasteiger partial charge in [0, 0.05) is 19.6 Å². The SMILES string of the molecule is O=C(C1CCCN1C(=O)c1ccccc1O)N1CCC(C(F)(F)F)(C(F)(F)F)C1. The molecule has 0 spiro atoms. The maximum absolute atomic E-state index is 13.2. The summed E-state index contributed by atoms with van der Waals surface area (Å²) in [6.45, 7) is -2.11. The van der Waals surface area contributed by atoms with Gasteiger partial charge >= 0.3 is 12.4 Å². The molecule has 0 aromatic heterocycles. The zero-order valence-electron chi connectivity index (χ0n) is 15.1. The highest BCUT2D eigenvalue weighted by atomic mass is 19.4. The second kappa shape index (κ2) is 7.10. The molecule has 2 aliphatic heterocycles. The topological polar surface area (TPSA) is 60.9 Å². The lowest BCUT2D eigenvalue weighted by Gasteiger charge is -2.34. The molecule has 11 heteroatoms. The first-order valence-corrected chi connectivity index (χ1v) is 8.90. The van der Waals surface area contributed by atoms with Crippen LogP contribution in [-0.2, 0) is 4.79 Å². The van der Waals surface area contributed by atoms with Crippen molar-refractivity contribution in [2.75, 3.05) is 19.6 Å². The van der Waals surface area contributed by atoms with Crippen LogP contribution < -0.4 is 0 Å². The number of nitrogens with zero attached hydrogens (tertiary/aromatic N) is 2. The summed E-state index contributed by atoms with van der Waals surface area (Å²) in [5.41, 5.74) is -4.06. The van der Waals surface area contributed by atoms with Crippen LogP contribution in [0.15, 0.2) is 24.3 Å². The molecule has 0 saturated carbocycles.